The molecule has 0 radical (unpaired) electrons. The van der Waals surface area contributed by atoms with Gasteiger partial charge in [0.2, 0.25) is 5.91 Å². The van der Waals surface area contributed by atoms with Gasteiger partial charge in [0, 0.05) is 18.2 Å². The molecule has 1 aromatic carbocycles. The summed E-state index contributed by atoms with van der Waals surface area (Å²) in [5.74, 6) is 1.44. The molecule has 0 aliphatic rings. The van der Waals surface area contributed by atoms with E-state index < -0.39 is 0 Å². The van der Waals surface area contributed by atoms with E-state index in [1.54, 1.807) is 14.2 Å². The van der Waals surface area contributed by atoms with Crippen LogP contribution in [-0.2, 0) is 11.3 Å². The third kappa shape index (κ3) is 4.44. The van der Waals surface area contributed by atoms with Crippen LogP contribution in [0.1, 0.15) is 18.1 Å². The molecule has 0 bridgehead atoms. The van der Waals surface area contributed by atoms with Crippen molar-refractivity contribution in [2.45, 2.75) is 20.4 Å². The van der Waals surface area contributed by atoms with Crippen LogP contribution < -0.4 is 20.1 Å². The zero-order valence-electron chi connectivity index (χ0n) is 12.0. The molecular weight excluding hydrogens is 244 g/mol. The summed E-state index contributed by atoms with van der Waals surface area (Å²) in [5, 5.41) is 5.85. The highest BCUT2D eigenvalue weighted by molar-refractivity contribution is 5.78. The van der Waals surface area contributed by atoms with Crippen LogP contribution in [0.2, 0.25) is 0 Å². The second kappa shape index (κ2) is 7.63. The van der Waals surface area contributed by atoms with Gasteiger partial charge in [-0.1, -0.05) is 6.92 Å². The summed E-state index contributed by atoms with van der Waals surface area (Å²) in [5.41, 5.74) is 1.99. The zero-order valence-corrected chi connectivity index (χ0v) is 12.0. The molecule has 19 heavy (non-hydrogen) atoms. The lowest BCUT2D eigenvalue weighted by Gasteiger charge is -2.14. The highest BCUT2D eigenvalue weighted by Crippen LogP contribution is 2.28. The smallest absolute Gasteiger partial charge is 0.234 e. The fourth-order valence-corrected chi connectivity index (χ4v) is 1.77. The number of nitrogens with one attached hydrogen (secondary N) is 2. The van der Waals surface area contributed by atoms with Gasteiger partial charge in [0.05, 0.1) is 20.8 Å². The van der Waals surface area contributed by atoms with Crippen LogP contribution in [0.15, 0.2) is 12.1 Å². The van der Waals surface area contributed by atoms with Crippen molar-refractivity contribution in [2.75, 3.05) is 27.3 Å². The monoisotopic (exact) mass is 266 g/mol. The third-order valence-corrected chi connectivity index (χ3v) is 2.86. The highest BCUT2D eigenvalue weighted by Gasteiger charge is 2.10. The van der Waals surface area contributed by atoms with Gasteiger partial charge >= 0.3 is 0 Å². The summed E-state index contributed by atoms with van der Waals surface area (Å²) in [4.78, 5) is 11.6. The molecule has 1 rings (SSSR count). The first-order valence-electron chi connectivity index (χ1n) is 6.31. The first-order chi connectivity index (χ1) is 9.12. The van der Waals surface area contributed by atoms with Crippen molar-refractivity contribution < 1.29 is 14.3 Å². The third-order valence-electron chi connectivity index (χ3n) is 2.86. The molecule has 0 atom stereocenters. The van der Waals surface area contributed by atoms with Gasteiger partial charge in [-0.15, -0.1) is 0 Å². The summed E-state index contributed by atoms with van der Waals surface area (Å²) in [7, 11) is 3.23. The molecule has 0 saturated heterocycles. The van der Waals surface area contributed by atoms with Crippen molar-refractivity contribution in [3.63, 3.8) is 0 Å². The van der Waals surface area contributed by atoms with E-state index in [0.717, 1.165) is 29.2 Å². The number of likely N-dealkylation sites (N-methyl/N-ethyl adjacent to an activating group) is 1. The molecule has 5 nitrogen and oxygen atoms in total. The van der Waals surface area contributed by atoms with Crippen molar-refractivity contribution >= 4 is 5.91 Å². The van der Waals surface area contributed by atoms with Gasteiger partial charge in [-0.3, -0.25) is 4.79 Å². The second-order valence-electron chi connectivity index (χ2n) is 4.18. The molecule has 0 aromatic heterocycles. The summed E-state index contributed by atoms with van der Waals surface area (Å²) in [6.45, 7) is 5.48. The first kappa shape index (κ1) is 15.3. The molecule has 0 heterocycles. The Balaban J connectivity index is 2.74. The average Bonchev–Trinajstić information content (AvgIpc) is 2.42. The van der Waals surface area contributed by atoms with Crippen LogP contribution in [0.25, 0.3) is 0 Å². The van der Waals surface area contributed by atoms with Crippen molar-refractivity contribution in [1.29, 1.82) is 0 Å². The van der Waals surface area contributed by atoms with Crippen LogP contribution in [0.3, 0.4) is 0 Å². The lowest BCUT2D eigenvalue weighted by Crippen LogP contribution is -2.33. The summed E-state index contributed by atoms with van der Waals surface area (Å²) < 4.78 is 10.5. The van der Waals surface area contributed by atoms with Gasteiger partial charge in [-0.25, -0.2) is 0 Å². The maximum atomic E-state index is 11.6. The Labute approximate surface area is 114 Å². The number of hydrogen-bond donors (Lipinski definition) is 2. The van der Waals surface area contributed by atoms with E-state index in [9.17, 15) is 4.79 Å². The number of amides is 1. The predicted octanol–water partition coefficient (Wildman–Crippen LogP) is 1.24. The number of aryl methyl sites for hydroxylation is 1. The fourth-order valence-electron chi connectivity index (χ4n) is 1.77. The average molecular weight is 266 g/mol. The van der Waals surface area contributed by atoms with Crippen molar-refractivity contribution in [3.05, 3.63) is 23.3 Å². The number of hydrogen-bond acceptors (Lipinski definition) is 4. The fraction of sp³-hybridized carbons (Fsp3) is 0.500. The van der Waals surface area contributed by atoms with E-state index in [0.29, 0.717) is 13.1 Å². The molecule has 0 aliphatic carbocycles. The quantitative estimate of drug-likeness (QED) is 0.779. The SMILES string of the molecule is CCNCC(=O)NCc1c(C)cc(OC)cc1OC. The van der Waals surface area contributed by atoms with E-state index >= 15 is 0 Å². The Hall–Kier alpha value is -1.75. The molecule has 0 aliphatic heterocycles. The van der Waals surface area contributed by atoms with Crippen LogP contribution >= 0.6 is 0 Å². The van der Waals surface area contributed by atoms with Crippen molar-refractivity contribution in [3.8, 4) is 11.5 Å². The first-order valence-corrected chi connectivity index (χ1v) is 6.31. The van der Waals surface area contributed by atoms with Gasteiger partial charge in [0.1, 0.15) is 11.5 Å². The molecule has 0 unspecified atom stereocenters. The van der Waals surface area contributed by atoms with E-state index in [2.05, 4.69) is 10.6 Å². The lowest BCUT2D eigenvalue weighted by molar-refractivity contribution is -0.120. The molecule has 2 N–H and O–H groups in total. The van der Waals surface area contributed by atoms with E-state index in [-0.39, 0.29) is 5.91 Å². The summed E-state index contributed by atoms with van der Waals surface area (Å²) in [6, 6.07) is 3.74. The van der Waals surface area contributed by atoms with E-state index in [4.69, 9.17) is 9.47 Å². The Morgan fingerprint density at radius 3 is 2.58 bits per heavy atom. The molecule has 0 fully saturated rings. The Kier molecular flexibility index (Phi) is 6.15. The number of rotatable bonds is 7. The Bertz CT molecular complexity index is 433. The number of benzene rings is 1. The van der Waals surface area contributed by atoms with Crippen LogP contribution in [-0.4, -0.2) is 33.2 Å². The molecule has 0 spiro atoms. The van der Waals surface area contributed by atoms with E-state index in [1.165, 1.54) is 0 Å². The molecular formula is C14H22N2O3. The molecule has 1 aromatic rings. The van der Waals surface area contributed by atoms with Crippen LogP contribution in [0.5, 0.6) is 11.5 Å². The largest absolute Gasteiger partial charge is 0.497 e. The van der Waals surface area contributed by atoms with Gasteiger partial charge < -0.3 is 20.1 Å². The minimum Gasteiger partial charge on any atom is -0.497 e. The number of methoxy groups -OCH3 is 2. The van der Waals surface area contributed by atoms with Gasteiger partial charge in [0.25, 0.3) is 0 Å². The second-order valence-corrected chi connectivity index (χ2v) is 4.18. The van der Waals surface area contributed by atoms with Gasteiger partial charge in [-0.05, 0) is 25.1 Å². The van der Waals surface area contributed by atoms with E-state index in [1.807, 2.05) is 26.0 Å². The molecule has 1 amide bonds. The molecule has 106 valence electrons. The summed E-state index contributed by atoms with van der Waals surface area (Å²) >= 11 is 0. The van der Waals surface area contributed by atoms with Crippen molar-refractivity contribution in [1.82, 2.24) is 10.6 Å². The van der Waals surface area contributed by atoms with Crippen LogP contribution in [0.4, 0.5) is 0 Å². The Morgan fingerprint density at radius 2 is 2.00 bits per heavy atom. The maximum absolute atomic E-state index is 11.6. The minimum absolute atomic E-state index is 0.0286. The maximum Gasteiger partial charge on any atom is 0.234 e. The standard InChI is InChI=1S/C14H22N2O3/c1-5-15-9-14(17)16-8-12-10(2)6-11(18-3)7-13(12)19-4/h6-7,15H,5,8-9H2,1-4H3,(H,16,17). The normalized spacial score (nSPS) is 10.1. The highest BCUT2D eigenvalue weighted by atomic mass is 16.5. The van der Waals surface area contributed by atoms with Crippen LogP contribution in [0, 0.1) is 6.92 Å². The Morgan fingerprint density at radius 1 is 1.26 bits per heavy atom. The summed E-state index contributed by atoms with van der Waals surface area (Å²) in [6.07, 6.45) is 0. The lowest BCUT2D eigenvalue weighted by atomic mass is 10.1. The molecule has 5 heteroatoms. The van der Waals surface area contributed by atoms with Gasteiger partial charge in [0.15, 0.2) is 0 Å². The number of carbonyl (C=O) groups is 1. The van der Waals surface area contributed by atoms with Crippen molar-refractivity contribution in [2.24, 2.45) is 0 Å². The molecule has 0 saturated carbocycles. The number of carbonyl (C=O) groups excluding carboxylic acids is 1. The predicted molar refractivity (Wildman–Crippen MR) is 74.7 cm³/mol. The minimum atomic E-state index is -0.0286. The van der Waals surface area contributed by atoms with Gasteiger partial charge in [-0.2, -0.15) is 0 Å². The topological polar surface area (TPSA) is 59.6 Å². The zero-order chi connectivity index (χ0) is 14.3. The number of ether oxygens (including phenoxy) is 2.